The summed E-state index contributed by atoms with van der Waals surface area (Å²) in [7, 11) is 0. The van der Waals surface area contributed by atoms with Gasteiger partial charge in [0.25, 0.3) is 0 Å². The Bertz CT molecular complexity index is 862. The standard InChI is InChI=1S/C18H22N4O5/c1-9(24)15-18(27)20-13(16(25)21-14(8-23)17(26)22-15)6-10-7-19-12-5-3-2-4-11(10)12/h2-5,7,9,13-15,19,23-24H,6,8H2,1H3,(H,20,27)(H,21,25)(H,22,26)/t9-,13+,14+,15+/m1/s1. The molecular formula is C18H22N4O5. The molecule has 9 nitrogen and oxygen atoms in total. The van der Waals surface area contributed by atoms with E-state index in [1.165, 1.54) is 6.92 Å². The predicted molar refractivity (Wildman–Crippen MR) is 96.6 cm³/mol. The van der Waals surface area contributed by atoms with Gasteiger partial charge < -0.3 is 31.1 Å². The summed E-state index contributed by atoms with van der Waals surface area (Å²) in [6.45, 7) is 0.735. The summed E-state index contributed by atoms with van der Waals surface area (Å²) in [5, 5.41) is 27.6. The monoisotopic (exact) mass is 374 g/mol. The van der Waals surface area contributed by atoms with Crippen LogP contribution in [0.2, 0.25) is 0 Å². The van der Waals surface area contributed by atoms with Gasteiger partial charge in [-0.05, 0) is 18.6 Å². The lowest BCUT2D eigenvalue weighted by Gasteiger charge is -2.22. The van der Waals surface area contributed by atoms with Crippen molar-refractivity contribution in [3.8, 4) is 0 Å². The molecule has 4 atom stereocenters. The van der Waals surface area contributed by atoms with Gasteiger partial charge in [-0.25, -0.2) is 0 Å². The number of benzene rings is 1. The van der Waals surface area contributed by atoms with E-state index < -0.39 is 48.6 Å². The maximum Gasteiger partial charge on any atom is 0.245 e. The molecule has 144 valence electrons. The van der Waals surface area contributed by atoms with Crippen LogP contribution in [0.15, 0.2) is 30.5 Å². The van der Waals surface area contributed by atoms with Crippen molar-refractivity contribution < 1.29 is 24.6 Å². The molecule has 0 aliphatic carbocycles. The van der Waals surface area contributed by atoms with Crippen molar-refractivity contribution in [2.24, 2.45) is 0 Å². The second kappa shape index (κ2) is 7.77. The van der Waals surface area contributed by atoms with Crippen molar-refractivity contribution in [2.45, 2.75) is 37.6 Å². The molecule has 1 aliphatic heterocycles. The number of para-hydroxylation sites is 1. The van der Waals surface area contributed by atoms with Gasteiger partial charge in [0, 0.05) is 23.5 Å². The zero-order valence-electron chi connectivity index (χ0n) is 14.7. The summed E-state index contributed by atoms with van der Waals surface area (Å²) < 4.78 is 0. The fourth-order valence-electron chi connectivity index (χ4n) is 3.12. The molecule has 3 rings (SSSR count). The molecule has 1 fully saturated rings. The molecule has 0 unspecified atom stereocenters. The number of fused-ring (bicyclic) bond motifs is 1. The number of aromatic nitrogens is 1. The number of hydrogen-bond acceptors (Lipinski definition) is 5. The van der Waals surface area contributed by atoms with Crippen LogP contribution in [0.5, 0.6) is 0 Å². The lowest BCUT2D eigenvalue weighted by Crippen LogP contribution is -2.55. The average Bonchev–Trinajstić information content (AvgIpc) is 3.06. The number of aliphatic hydroxyl groups excluding tert-OH is 2. The first-order valence-electron chi connectivity index (χ1n) is 8.65. The number of hydrogen-bond donors (Lipinski definition) is 6. The van der Waals surface area contributed by atoms with Crippen LogP contribution in [-0.4, -0.2) is 63.8 Å². The smallest absolute Gasteiger partial charge is 0.245 e. The third-order valence-electron chi connectivity index (χ3n) is 4.61. The van der Waals surface area contributed by atoms with E-state index in [2.05, 4.69) is 20.9 Å². The van der Waals surface area contributed by atoms with Crippen molar-refractivity contribution in [1.82, 2.24) is 20.9 Å². The number of carbonyl (C=O) groups excluding carboxylic acids is 3. The zero-order chi connectivity index (χ0) is 19.6. The average molecular weight is 374 g/mol. The number of aromatic amines is 1. The molecule has 0 bridgehead atoms. The molecule has 9 heteroatoms. The van der Waals surface area contributed by atoms with Gasteiger partial charge in [0.05, 0.1) is 12.7 Å². The van der Waals surface area contributed by atoms with E-state index in [0.29, 0.717) is 0 Å². The van der Waals surface area contributed by atoms with E-state index in [0.717, 1.165) is 16.5 Å². The fraction of sp³-hybridized carbons (Fsp3) is 0.389. The molecular weight excluding hydrogens is 352 g/mol. The molecule has 27 heavy (non-hydrogen) atoms. The predicted octanol–water partition coefficient (Wildman–Crippen LogP) is -1.45. The Morgan fingerprint density at radius 2 is 1.67 bits per heavy atom. The van der Waals surface area contributed by atoms with E-state index in [4.69, 9.17) is 0 Å². The number of carbonyl (C=O) groups is 3. The number of nitrogens with one attached hydrogen (secondary N) is 4. The zero-order valence-corrected chi connectivity index (χ0v) is 14.7. The van der Waals surface area contributed by atoms with Crippen LogP contribution in [0.1, 0.15) is 12.5 Å². The van der Waals surface area contributed by atoms with Crippen LogP contribution in [0.3, 0.4) is 0 Å². The molecule has 1 aromatic heterocycles. The number of rotatable bonds is 4. The quantitative estimate of drug-likeness (QED) is 0.388. The van der Waals surface area contributed by atoms with Crippen molar-refractivity contribution in [3.05, 3.63) is 36.0 Å². The summed E-state index contributed by atoms with van der Waals surface area (Å²) in [4.78, 5) is 40.4. The minimum atomic E-state index is -1.23. The van der Waals surface area contributed by atoms with Gasteiger partial charge in [-0.15, -0.1) is 0 Å². The first-order valence-corrected chi connectivity index (χ1v) is 8.65. The Hall–Kier alpha value is -2.91. The number of H-pyrrole nitrogens is 1. The van der Waals surface area contributed by atoms with Gasteiger partial charge in [0.2, 0.25) is 17.7 Å². The highest BCUT2D eigenvalue weighted by atomic mass is 16.3. The van der Waals surface area contributed by atoms with Crippen LogP contribution in [0, 0.1) is 0 Å². The van der Waals surface area contributed by atoms with Gasteiger partial charge in [0.15, 0.2) is 0 Å². The topological polar surface area (TPSA) is 144 Å². The molecule has 2 aromatic rings. The SMILES string of the molecule is C[C@@H](O)[C@@H]1NC(=O)[C@H](CO)NC(=O)[C@H](Cc2c[nH]c3ccccc23)NC1=O. The largest absolute Gasteiger partial charge is 0.394 e. The second-order valence-corrected chi connectivity index (χ2v) is 6.60. The third-order valence-corrected chi connectivity index (χ3v) is 4.61. The van der Waals surface area contributed by atoms with Crippen molar-refractivity contribution >= 4 is 28.6 Å². The number of amides is 3. The second-order valence-electron chi connectivity index (χ2n) is 6.60. The lowest BCUT2D eigenvalue weighted by molar-refractivity contribution is -0.132. The molecule has 1 aromatic carbocycles. The van der Waals surface area contributed by atoms with Crippen LogP contribution in [0.25, 0.3) is 10.9 Å². The van der Waals surface area contributed by atoms with Gasteiger partial charge >= 0.3 is 0 Å². The maximum absolute atomic E-state index is 12.6. The summed E-state index contributed by atoms with van der Waals surface area (Å²) in [5.74, 6) is -1.99. The maximum atomic E-state index is 12.6. The van der Waals surface area contributed by atoms with E-state index in [9.17, 15) is 24.6 Å². The third kappa shape index (κ3) is 3.93. The molecule has 1 saturated heterocycles. The van der Waals surface area contributed by atoms with Crippen LogP contribution >= 0.6 is 0 Å². The van der Waals surface area contributed by atoms with Crippen LogP contribution < -0.4 is 16.0 Å². The summed E-state index contributed by atoms with van der Waals surface area (Å²) >= 11 is 0. The molecule has 0 spiro atoms. The molecule has 1 aliphatic rings. The number of aliphatic hydroxyl groups is 2. The molecule has 3 amide bonds. The van der Waals surface area contributed by atoms with Gasteiger partial charge in [-0.3, -0.25) is 14.4 Å². The van der Waals surface area contributed by atoms with E-state index >= 15 is 0 Å². The minimum absolute atomic E-state index is 0.181. The normalized spacial score (nSPS) is 25.0. The first-order chi connectivity index (χ1) is 12.9. The Morgan fingerprint density at radius 1 is 1.00 bits per heavy atom. The molecule has 0 saturated carbocycles. The molecule has 2 heterocycles. The lowest BCUT2D eigenvalue weighted by atomic mass is 10.0. The fourth-order valence-corrected chi connectivity index (χ4v) is 3.12. The van der Waals surface area contributed by atoms with Crippen molar-refractivity contribution in [2.75, 3.05) is 6.61 Å². The summed E-state index contributed by atoms with van der Waals surface area (Å²) in [6, 6.07) is 4.13. The molecule has 6 N–H and O–H groups in total. The summed E-state index contributed by atoms with van der Waals surface area (Å²) in [5.41, 5.74) is 1.72. The van der Waals surface area contributed by atoms with E-state index in [-0.39, 0.29) is 6.42 Å². The van der Waals surface area contributed by atoms with Gasteiger partial charge in [-0.2, -0.15) is 0 Å². The van der Waals surface area contributed by atoms with Gasteiger partial charge in [-0.1, -0.05) is 18.2 Å². The highest BCUT2D eigenvalue weighted by Gasteiger charge is 2.35. The highest BCUT2D eigenvalue weighted by molar-refractivity contribution is 5.98. The minimum Gasteiger partial charge on any atom is -0.394 e. The summed E-state index contributed by atoms with van der Waals surface area (Å²) in [6.07, 6.45) is 0.770. The van der Waals surface area contributed by atoms with E-state index in [1.807, 2.05) is 24.3 Å². The Balaban J connectivity index is 1.91. The van der Waals surface area contributed by atoms with Crippen LogP contribution in [-0.2, 0) is 20.8 Å². The van der Waals surface area contributed by atoms with Crippen molar-refractivity contribution in [3.63, 3.8) is 0 Å². The Kier molecular flexibility index (Phi) is 5.43. The highest BCUT2D eigenvalue weighted by Crippen LogP contribution is 2.19. The first kappa shape index (κ1) is 18.9. The van der Waals surface area contributed by atoms with E-state index in [1.54, 1.807) is 6.20 Å². The van der Waals surface area contributed by atoms with Crippen LogP contribution in [0.4, 0.5) is 0 Å². The Morgan fingerprint density at radius 3 is 2.37 bits per heavy atom. The Labute approximate surface area is 155 Å². The van der Waals surface area contributed by atoms with Crippen molar-refractivity contribution in [1.29, 1.82) is 0 Å². The molecule has 0 radical (unpaired) electrons. The van der Waals surface area contributed by atoms with Gasteiger partial charge in [0.1, 0.15) is 18.1 Å².